The molecule has 80 valence electrons. The predicted molar refractivity (Wildman–Crippen MR) is 60.9 cm³/mol. The number of rotatable bonds is 2. The first kappa shape index (κ1) is 11.4. The van der Waals surface area contributed by atoms with Crippen LogP contribution < -0.4 is 5.73 Å². The summed E-state index contributed by atoms with van der Waals surface area (Å²) < 4.78 is 0. The summed E-state index contributed by atoms with van der Waals surface area (Å²) >= 11 is 4.72. The Balaban J connectivity index is 2.46. The first-order chi connectivity index (χ1) is 6.50. The van der Waals surface area contributed by atoms with Gasteiger partial charge in [-0.15, -0.1) is 0 Å². The van der Waals surface area contributed by atoms with Crippen molar-refractivity contribution in [3.8, 4) is 0 Å². The predicted octanol–water partition coefficient (Wildman–Crippen LogP) is 1.17. The number of thiocarbonyl (C=S) groups is 1. The van der Waals surface area contributed by atoms with E-state index in [-0.39, 0.29) is 12.3 Å². The molecule has 2 unspecified atom stereocenters. The number of amides is 1. The molecule has 0 saturated carbocycles. The van der Waals surface area contributed by atoms with Gasteiger partial charge in [0.05, 0.1) is 11.4 Å². The summed E-state index contributed by atoms with van der Waals surface area (Å²) in [5.41, 5.74) is 5.35. The Morgan fingerprint density at radius 3 is 2.64 bits per heavy atom. The average Bonchev–Trinajstić information content (AvgIpc) is 2.08. The van der Waals surface area contributed by atoms with E-state index in [0.717, 1.165) is 19.5 Å². The molecule has 0 aliphatic carbocycles. The first-order valence-corrected chi connectivity index (χ1v) is 5.47. The Bertz CT molecular complexity index is 242. The molecule has 1 fully saturated rings. The van der Waals surface area contributed by atoms with Crippen molar-refractivity contribution in [1.29, 1.82) is 0 Å². The largest absolute Gasteiger partial charge is 0.393 e. The molecule has 0 spiro atoms. The van der Waals surface area contributed by atoms with Gasteiger partial charge in [0.1, 0.15) is 0 Å². The zero-order valence-corrected chi connectivity index (χ0v) is 9.64. The lowest BCUT2D eigenvalue weighted by atomic mass is 9.88. The maximum atomic E-state index is 11.6. The van der Waals surface area contributed by atoms with Crippen molar-refractivity contribution in [2.45, 2.75) is 26.7 Å². The van der Waals surface area contributed by atoms with Crippen molar-refractivity contribution in [3.63, 3.8) is 0 Å². The molecular formula is C10H18N2OS. The highest BCUT2D eigenvalue weighted by Gasteiger charge is 2.25. The first-order valence-electron chi connectivity index (χ1n) is 5.06. The third kappa shape index (κ3) is 2.94. The van der Waals surface area contributed by atoms with Crippen molar-refractivity contribution in [2.24, 2.45) is 17.6 Å². The highest BCUT2D eigenvalue weighted by atomic mass is 32.1. The van der Waals surface area contributed by atoms with Gasteiger partial charge in [-0.1, -0.05) is 26.1 Å². The van der Waals surface area contributed by atoms with Crippen LogP contribution in [0.3, 0.4) is 0 Å². The molecule has 0 radical (unpaired) electrons. The molecule has 1 heterocycles. The van der Waals surface area contributed by atoms with Crippen LogP contribution in [0.5, 0.6) is 0 Å². The van der Waals surface area contributed by atoms with E-state index in [1.54, 1.807) is 0 Å². The Kier molecular flexibility index (Phi) is 3.86. The van der Waals surface area contributed by atoms with E-state index >= 15 is 0 Å². The lowest BCUT2D eigenvalue weighted by Gasteiger charge is -2.35. The zero-order valence-electron chi connectivity index (χ0n) is 8.82. The van der Waals surface area contributed by atoms with Crippen molar-refractivity contribution in [1.82, 2.24) is 4.90 Å². The molecule has 3 nitrogen and oxygen atoms in total. The minimum atomic E-state index is 0.0799. The summed E-state index contributed by atoms with van der Waals surface area (Å²) in [5.74, 6) is 1.37. The molecule has 1 aliphatic heterocycles. The Labute approximate surface area is 90.6 Å². The molecule has 0 aromatic carbocycles. The van der Waals surface area contributed by atoms with Gasteiger partial charge in [0.25, 0.3) is 0 Å². The Hall–Kier alpha value is -0.640. The number of nitrogens with two attached hydrogens (primary N) is 1. The average molecular weight is 214 g/mol. The van der Waals surface area contributed by atoms with Crippen molar-refractivity contribution < 1.29 is 4.79 Å². The van der Waals surface area contributed by atoms with Gasteiger partial charge in [0.15, 0.2) is 0 Å². The maximum absolute atomic E-state index is 11.6. The SMILES string of the molecule is CC1CCN(C(=O)CC(N)=S)CC1C. The molecule has 2 atom stereocenters. The number of likely N-dealkylation sites (tertiary alicyclic amines) is 1. The second-order valence-electron chi connectivity index (χ2n) is 4.23. The third-order valence-electron chi connectivity index (χ3n) is 3.01. The molecular weight excluding hydrogens is 196 g/mol. The molecule has 1 saturated heterocycles. The van der Waals surface area contributed by atoms with Gasteiger partial charge in [0.2, 0.25) is 5.91 Å². The van der Waals surface area contributed by atoms with Gasteiger partial charge in [-0.25, -0.2) is 0 Å². The van der Waals surface area contributed by atoms with Crippen LogP contribution in [-0.4, -0.2) is 28.9 Å². The lowest BCUT2D eigenvalue weighted by molar-refractivity contribution is -0.132. The van der Waals surface area contributed by atoms with Gasteiger partial charge >= 0.3 is 0 Å². The second kappa shape index (κ2) is 4.73. The Morgan fingerprint density at radius 1 is 1.50 bits per heavy atom. The van der Waals surface area contributed by atoms with Crippen LogP contribution in [0.25, 0.3) is 0 Å². The van der Waals surface area contributed by atoms with Crippen LogP contribution in [0, 0.1) is 11.8 Å². The van der Waals surface area contributed by atoms with E-state index in [1.807, 2.05) is 4.90 Å². The highest BCUT2D eigenvalue weighted by Crippen LogP contribution is 2.22. The summed E-state index contributed by atoms with van der Waals surface area (Å²) in [4.78, 5) is 13.8. The van der Waals surface area contributed by atoms with Crippen LogP contribution in [0.2, 0.25) is 0 Å². The zero-order chi connectivity index (χ0) is 10.7. The molecule has 1 rings (SSSR count). The van der Waals surface area contributed by atoms with E-state index < -0.39 is 0 Å². The highest BCUT2D eigenvalue weighted by molar-refractivity contribution is 7.80. The quantitative estimate of drug-likeness (QED) is 0.702. The van der Waals surface area contributed by atoms with Gasteiger partial charge in [-0.2, -0.15) is 0 Å². The fourth-order valence-electron chi connectivity index (χ4n) is 1.75. The van der Waals surface area contributed by atoms with E-state index in [9.17, 15) is 4.79 Å². The number of hydrogen-bond acceptors (Lipinski definition) is 2. The molecule has 1 aliphatic rings. The van der Waals surface area contributed by atoms with E-state index in [0.29, 0.717) is 16.8 Å². The Morgan fingerprint density at radius 2 is 2.14 bits per heavy atom. The monoisotopic (exact) mass is 214 g/mol. The van der Waals surface area contributed by atoms with Crippen LogP contribution >= 0.6 is 12.2 Å². The number of hydrogen-bond donors (Lipinski definition) is 1. The molecule has 2 N–H and O–H groups in total. The van der Waals surface area contributed by atoms with E-state index in [1.165, 1.54) is 0 Å². The number of carbonyl (C=O) groups is 1. The number of nitrogens with zero attached hydrogens (tertiary/aromatic N) is 1. The third-order valence-corrected chi connectivity index (χ3v) is 3.16. The summed E-state index contributed by atoms with van der Waals surface area (Å²) in [7, 11) is 0. The number of piperidine rings is 1. The molecule has 1 amide bonds. The topological polar surface area (TPSA) is 46.3 Å². The van der Waals surface area contributed by atoms with Crippen LogP contribution in [-0.2, 0) is 4.79 Å². The summed E-state index contributed by atoms with van der Waals surface area (Å²) in [6.07, 6.45) is 1.31. The van der Waals surface area contributed by atoms with Crippen molar-refractivity contribution in [3.05, 3.63) is 0 Å². The molecule has 4 heteroatoms. The molecule has 0 aromatic rings. The second-order valence-corrected chi connectivity index (χ2v) is 4.75. The van der Waals surface area contributed by atoms with E-state index in [4.69, 9.17) is 18.0 Å². The van der Waals surface area contributed by atoms with Gasteiger partial charge < -0.3 is 10.6 Å². The van der Waals surface area contributed by atoms with Gasteiger partial charge in [-0.05, 0) is 18.3 Å². The summed E-state index contributed by atoms with van der Waals surface area (Å²) in [6, 6.07) is 0. The molecule has 0 aromatic heterocycles. The summed E-state index contributed by atoms with van der Waals surface area (Å²) in [5, 5.41) is 0. The van der Waals surface area contributed by atoms with Crippen LogP contribution in [0.4, 0.5) is 0 Å². The molecule has 0 bridgehead atoms. The van der Waals surface area contributed by atoms with Crippen molar-refractivity contribution in [2.75, 3.05) is 13.1 Å². The minimum absolute atomic E-state index is 0.0799. The normalized spacial score (nSPS) is 27.4. The van der Waals surface area contributed by atoms with E-state index in [2.05, 4.69) is 13.8 Å². The fraction of sp³-hybridized carbons (Fsp3) is 0.800. The standard InChI is InChI=1S/C10H18N2OS/c1-7-3-4-12(6-8(7)2)10(13)5-9(11)14/h7-8H,3-6H2,1-2H3,(H2,11,14). The smallest absolute Gasteiger partial charge is 0.229 e. The fourth-order valence-corrected chi connectivity index (χ4v) is 1.87. The molecule has 14 heavy (non-hydrogen) atoms. The summed E-state index contributed by atoms with van der Waals surface area (Å²) in [6.45, 7) is 6.13. The van der Waals surface area contributed by atoms with Crippen LogP contribution in [0.15, 0.2) is 0 Å². The number of carbonyl (C=O) groups excluding carboxylic acids is 1. The van der Waals surface area contributed by atoms with Crippen molar-refractivity contribution >= 4 is 23.1 Å². The lowest BCUT2D eigenvalue weighted by Crippen LogP contribution is -2.43. The van der Waals surface area contributed by atoms with Crippen LogP contribution in [0.1, 0.15) is 26.7 Å². The van der Waals surface area contributed by atoms with Gasteiger partial charge in [-0.3, -0.25) is 4.79 Å². The minimum Gasteiger partial charge on any atom is -0.393 e. The maximum Gasteiger partial charge on any atom is 0.229 e. The van der Waals surface area contributed by atoms with Gasteiger partial charge in [0, 0.05) is 13.1 Å².